The zero-order valence-electron chi connectivity index (χ0n) is 47.5. The fourth-order valence-corrected chi connectivity index (χ4v) is 12.8. The summed E-state index contributed by atoms with van der Waals surface area (Å²) >= 11 is 0. The number of allylic oxidation sites excluding steroid dienone is 1. The fourth-order valence-electron chi connectivity index (χ4n) is 12.8. The Morgan fingerprint density at radius 3 is 0.871 bits per heavy atom. The number of fused-ring (bicyclic) bond motifs is 5. The minimum atomic E-state index is 1.14. The Labute approximate surface area is 498 Å². The minimum absolute atomic E-state index is 1.14. The molecule has 0 nitrogen and oxygen atoms in total. The van der Waals surface area contributed by atoms with Crippen molar-refractivity contribution in [3.8, 4) is 89.0 Å². The summed E-state index contributed by atoms with van der Waals surface area (Å²) in [6, 6.07) is 115. The largest absolute Gasteiger partial charge is 0.0984 e. The quantitative estimate of drug-likeness (QED) is 0.120. The molecular weight excluding hydrogens is 1020 g/mol. The van der Waals surface area contributed by atoms with Crippen LogP contribution in [0.1, 0.15) is 18.1 Å². The van der Waals surface area contributed by atoms with Crippen LogP contribution in [0.2, 0.25) is 0 Å². The molecule has 15 aromatic rings. The molecule has 0 heterocycles. The van der Waals surface area contributed by atoms with Gasteiger partial charge in [-0.25, -0.2) is 0 Å². The molecule has 0 saturated heterocycles. The van der Waals surface area contributed by atoms with Crippen LogP contribution in [0.5, 0.6) is 0 Å². The van der Waals surface area contributed by atoms with Crippen LogP contribution in [0.15, 0.2) is 328 Å². The Kier molecular flexibility index (Phi) is 14.2. The first kappa shape index (κ1) is 52.2. The van der Waals surface area contributed by atoms with Gasteiger partial charge < -0.3 is 0 Å². The number of benzene rings is 15. The second-order valence-electron chi connectivity index (χ2n) is 21.8. The van der Waals surface area contributed by atoms with E-state index in [1.807, 2.05) is 13.0 Å². The van der Waals surface area contributed by atoms with Crippen molar-refractivity contribution >= 4 is 66.0 Å². The summed E-state index contributed by atoms with van der Waals surface area (Å²) in [6.45, 7) is 6.03. The third kappa shape index (κ3) is 10.0. The first-order valence-corrected chi connectivity index (χ1v) is 29.4. The zero-order valence-corrected chi connectivity index (χ0v) is 47.5. The molecule has 0 aliphatic rings. The molecule has 0 aliphatic heterocycles. The van der Waals surface area contributed by atoms with Crippen LogP contribution in [0, 0.1) is 0 Å². The van der Waals surface area contributed by atoms with E-state index in [9.17, 15) is 0 Å². The van der Waals surface area contributed by atoms with Crippen molar-refractivity contribution in [2.75, 3.05) is 0 Å². The van der Waals surface area contributed by atoms with Crippen LogP contribution >= 0.6 is 0 Å². The lowest BCUT2D eigenvalue weighted by Gasteiger charge is -2.18. The summed E-state index contributed by atoms with van der Waals surface area (Å²) in [5.74, 6) is 0. The van der Waals surface area contributed by atoms with Gasteiger partial charge in [0, 0.05) is 0 Å². The lowest BCUT2D eigenvalue weighted by atomic mass is 9.85. The van der Waals surface area contributed by atoms with Crippen molar-refractivity contribution in [2.24, 2.45) is 0 Å². The van der Waals surface area contributed by atoms with Crippen molar-refractivity contribution in [3.05, 3.63) is 339 Å². The van der Waals surface area contributed by atoms with E-state index in [2.05, 4.69) is 334 Å². The van der Waals surface area contributed by atoms with Crippen LogP contribution in [0.4, 0.5) is 0 Å². The normalized spacial score (nSPS) is 11.4. The van der Waals surface area contributed by atoms with E-state index in [1.165, 1.54) is 148 Å². The first-order valence-electron chi connectivity index (χ1n) is 29.4. The number of rotatable bonds is 10. The van der Waals surface area contributed by atoms with Crippen molar-refractivity contribution in [1.29, 1.82) is 0 Å². The molecule has 0 atom stereocenters. The zero-order chi connectivity index (χ0) is 57.1. The van der Waals surface area contributed by atoms with Gasteiger partial charge in [0.05, 0.1) is 0 Å². The summed E-state index contributed by atoms with van der Waals surface area (Å²) in [5, 5.41) is 12.7. The van der Waals surface area contributed by atoms with Gasteiger partial charge >= 0.3 is 0 Å². The summed E-state index contributed by atoms with van der Waals surface area (Å²) in [5.41, 5.74) is 22.2. The van der Waals surface area contributed by atoms with Crippen molar-refractivity contribution < 1.29 is 0 Å². The lowest BCUT2D eigenvalue weighted by molar-refractivity contribution is 1.56. The smallest absolute Gasteiger partial charge is 0.00264 e. The van der Waals surface area contributed by atoms with E-state index in [1.54, 1.807) is 0 Å². The average Bonchev–Trinajstić information content (AvgIpc) is 1.87. The van der Waals surface area contributed by atoms with Crippen molar-refractivity contribution in [3.63, 3.8) is 0 Å². The molecule has 0 aromatic heterocycles. The van der Waals surface area contributed by atoms with Gasteiger partial charge in [0.1, 0.15) is 0 Å². The SMILES string of the molecule is C=Cc1ccc(-c2ccc(-c3c4ccccc4c(-c4ccc(-c5ccccc5)cc4)c4ccccc34)cc2)cc1/C=C\C.c1ccc(-c2ccc(-c3c4ccccc4c(-c4ccc(-c5cccc6ccccc56)cc4)c4ccccc34)cc2)cc1. The van der Waals surface area contributed by atoms with Gasteiger partial charge in [-0.05, 0) is 167 Å². The van der Waals surface area contributed by atoms with E-state index >= 15 is 0 Å². The maximum Gasteiger partial charge on any atom is -0.00264 e. The van der Waals surface area contributed by atoms with Gasteiger partial charge in [-0.15, -0.1) is 0 Å². The minimum Gasteiger partial charge on any atom is -0.0984 e. The second kappa shape index (κ2) is 23.1. The lowest BCUT2D eigenvalue weighted by Crippen LogP contribution is -1.91. The predicted molar refractivity (Wildman–Crippen MR) is 369 cm³/mol. The summed E-state index contributed by atoms with van der Waals surface area (Å²) in [4.78, 5) is 0. The Balaban J connectivity index is 0.000000151. The molecule has 0 spiro atoms. The molecule has 0 unspecified atom stereocenters. The van der Waals surface area contributed by atoms with Gasteiger partial charge in [0.2, 0.25) is 0 Å². The molecule has 15 rings (SSSR count). The molecule has 400 valence electrons. The number of hydrogen-bond donors (Lipinski definition) is 0. The van der Waals surface area contributed by atoms with Gasteiger partial charge in [0.15, 0.2) is 0 Å². The molecular formula is C85H60. The Morgan fingerprint density at radius 2 is 0.506 bits per heavy atom. The van der Waals surface area contributed by atoms with E-state index in [4.69, 9.17) is 0 Å². The molecule has 0 heteroatoms. The molecule has 0 aliphatic carbocycles. The Bertz CT molecular complexity index is 4830. The van der Waals surface area contributed by atoms with Gasteiger partial charge in [-0.1, -0.05) is 334 Å². The van der Waals surface area contributed by atoms with Crippen LogP contribution in [0.3, 0.4) is 0 Å². The second-order valence-corrected chi connectivity index (χ2v) is 21.8. The molecule has 0 N–H and O–H groups in total. The average molecular weight is 1080 g/mol. The standard InChI is InChI=1S/C43H32.C42H28/c1-3-12-36-29-37(28-19-30(36)4-2)33-22-26-35(27-23-33)43-40-17-10-8-15-38(40)42(39-16-9-11-18-41(39)43)34-24-20-32(21-25-34)31-13-6-5-7-14-31;1-2-11-29(12-3-1)30-21-25-33(26-22-30)41-37-16-6-8-18-39(37)42(40-19-9-7-17-38(40)41)34-27-23-32(24-28-34)36-20-10-14-31-13-4-5-15-35(31)36/h3-29H,2H2,1H3;1-28H/b12-3-;. The third-order valence-corrected chi connectivity index (χ3v) is 16.9. The monoisotopic (exact) mass is 1080 g/mol. The molecule has 0 saturated carbocycles. The molecule has 0 radical (unpaired) electrons. The van der Waals surface area contributed by atoms with Crippen LogP contribution in [-0.4, -0.2) is 0 Å². The van der Waals surface area contributed by atoms with Gasteiger partial charge in [0.25, 0.3) is 0 Å². The Hall–Kier alpha value is -10.9. The number of hydrogen-bond acceptors (Lipinski definition) is 0. The van der Waals surface area contributed by atoms with E-state index < -0.39 is 0 Å². The maximum absolute atomic E-state index is 3.98. The van der Waals surface area contributed by atoms with Crippen molar-refractivity contribution in [2.45, 2.75) is 6.92 Å². The molecule has 0 bridgehead atoms. The highest BCUT2D eigenvalue weighted by molar-refractivity contribution is 6.23. The first-order chi connectivity index (χ1) is 42.1. The van der Waals surface area contributed by atoms with E-state index in [0.29, 0.717) is 0 Å². The Morgan fingerprint density at radius 1 is 0.224 bits per heavy atom. The molecule has 0 amide bonds. The van der Waals surface area contributed by atoms with Crippen LogP contribution in [-0.2, 0) is 0 Å². The van der Waals surface area contributed by atoms with E-state index in [0.717, 1.165) is 5.56 Å². The highest BCUT2D eigenvalue weighted by Crippen LogP contribution is 2.46. The molecule has 0 fully saturated rings. The summed E-state index contributed by atoms with van der Waals surface area (Å²) in [7, 11) is 0. The van der Waals surface area contributed by atoms with Crippen LogP contribution in [0.25, 0.3) is 155 Å². The third-order valence-electron chi connectivity index (χ3n) is 16.9. The summed E-state index contributed by atoms with van der Waals surface area (Å²) < 4.78 is 0. The van der Waals surface area contributed by atoms with Crippen molar-refractivity contribution in [1.82, 2.24) is 0 Å². The summed E-state index contributed by atoms with van der Waals surface area (Å²) in [6.07, 6.45) is 6.14. The molecule has 85 heavy (non-hydrogen) atoms. The predicted octanol–water partition coefficient (Wildman–Crippen LogP) is 24.2. The maximum atomic E-state index is 3.98. The van der Waals surface area contributed by atoms with E-state index in [-0.39, 0.29) is 0 Å². The highest BCUT2D eigenvalue weighted by Gasteiger charge is 2.19. The van der Waals surface area contributed by atoms with Gasteiger partial charge in [-0.3, -0.25) is 0 Å². The fraction of sp³-hybridized carbons (Fsp3) is 0.0118. The molecule has 15 aromatic carbocycles. The highest BCUT2D eigenvalue weighted by atomic mass is 14.2. The topological polar surface area (TPSA) is 0 Å². The van der Waals surface area contributed by atoms with Crippen LogP contribution < -0.4 is 0 Å². The van der Waals surface area contributed by atoms with Gasteiger partial charge in [-0.2, -0.15) is 0 Å².